The lowest BCUT2D eigenvalue weighted by Crippen LogP contribution is -2.29. The van der Waals surface area contributed by atoms with Gasteiger partial charge in [0, 0.05) is 25.1 Å². The third-order valence-corrected chi connectivity index (χ3v) is 3.26. The molecule has 100 valence electrons. The maximum Gasteiger partial charge on any atom is 0.255 e. The van der Waals surface area contributed by atoms with Gasteiger partial charge in [0.05, 0.1) is 0 Å². The molecule has 1 saturated heterocycles. The van der Waals surface area contributed by atoms with Gasteiger partial charge in [-0.15, -0.1) is 0 Å². The quantitative estimate of drug-likeness (QED) is 0.765. The Morgan fingerprint density at radius 3 is 2.53 bits per heavy atom. The second-order valence-electron chi connectivity index (χ2n) is 4.70. The molecule has 0 aromatic heterocycles. The molecule has 3 nitrogen and oxygen atoms in total. The van der Waals surface area contributed by atoms with Crippen LogP contribution in [-0.2, 0) is 4.79 Å². The zero-order valence-electron chi connectivity index (χ0n) is 11.8. The van der Waals surface area contributed by atoms with Crippen molar-refractivity contribution in [2.75, 3.05) is 13.1 Å². The maximum atomic E-state index is 12.3. The van der Waals surface area contributed by atoms with Crippen molar-refractivity contribution >= 4 is 17.8 Å². The molecule has 0 unspecified atom stereocenters. The average molecular weight is 256 g/mol. The molecule has 0 spiro atoms. The van der Waals surface area contributed by atoms with Crippen LogP contribution in [0.5, 0.6) is 0 Å². The summed E-state index contributed by atoms with van der Waals surface area (Å²) in [5, 5.41) is 0. The molecule has 1 aromatic rings. The summed E-state index contributed by atoms with van der Waals surface area (Å²) in [5.74, 6) is 0.989. The Labute approximate surface area is 114 Å². The van der Waals surface area contributed by atoms with E-state index in [2.05, 4.69) is 24.0 Å². The molecule has 1 aromatic carbocycles. The Hall–Kier alpha value is -1.90. The predicted molar refractivity (Wildman–Crippen MR) is 79.1 cm³/mol. The molecule has 1 aliphatic heterocycles. The number of nitrogens with zero attached hydrogens (tertiary/aromatic N) is 2. The summed E-state index contributed by atoms with van der Waals surface area (Å²) >= 11 is 0. The van der Waals surface area contributed by atoms with Crippen LogP contribution < -0.4 is 0 Å². The second-order valence-corrected chi connectivity index (χ2v) is 4.70. The summed E-state index contributed by atoms with van der Waals surface area (Å²) < 4.78 is 0. The normalized spacial score (nSPS) is 19.7. The van der Waals surface area contributed by atoms with Crippen molar-refractivity contribution in [1.29, 1.82) is 0 Å². The van der Waals surface area contributed by atoms with Crippen LogP contribution in [0.2, 0.25) is 0 Å². The van der Waals surface area contributed by atoms with E-state index in [4.69, 9.17) is 0 Å². The highest BCUT2D eigenvalue weighted by Crippen LogP contribution is 2.22. The molecule has 3 heteroatoms. The van der Waals surface area contributed by atoms with Gasteiger partial charge in [0.1, 0.15) is 5.84 Å². The molecule has 0 saturated carbocycles. The summed E-state index contributed by atoms with van der Waals surface area (Å²) in [7, 11) is 0. The minimum Gasteiger partial charge on any atom is -0.297 e. The van der Waals surface area contributed by atoms with E-state index in [1.54, 1.807) is 4.90 Å². The molecular weight excluding hydrogens is 236 g/mol. The van der Waals surface area contributed by atoms with Crippen LogP contribution in [0, 0.1) is 6.92 Å². The van der Waals surface area contributed by atoms with Gasteiger partial charge in [-0.1, -0.05) is 29.8 Å². The molecule has 1 aliphatic rings. The van der Waals surface area contributed by atoms with Gasteiger partial charge in [-0.2, -0.15) is 0 Å². The summed E-state index contributed by atoms with van der Waals surface area (Å²) in [6, 6.07) is 8.20. The number of aryl methyl sites for hydroxylation is 1. The molecule has 1 amide bonds. The lowest BCUT2D eigenvalue weighted by molar-refractivity contribution is -0.122. The van der Waals surface area contributed by atoms with Gasteiger partial charge >= 0.3 is 0 Å². The molecular formula is C16H20N2O. The van der Waals surface area contributed by atoms with E-state index in [1.165, 1.54) is 5.56 Å². The monoisotopic (exact) mass is 256 g/mol. The van der Waals surface area contributed by atoms with Gasteiger partial charge in [0.2, 0.25) is 0 Å². The number of benzene rings is 1. The number of likely N-dealkylation sites (N-methyl/N-ethyl adjacent to an activating group) is 1. The summed E-state index contributed by atoms with van der Waals surface area (Å²) in [6.45, 7) is 7.44. The highest BCUT2D eigenvalue weighted by molar-refractivity contribution is 6.17. The van der Waals surface area contributed by atoms with Crippen LogP contribution in [0.25, 0.3) is 6.08 Å². The van der Waals surface area contributed by atoms with Crippen LogP contribution in [0.1, 0.15) is 31.4 Å². The minimum atomic E-state index is 0.0928. The number of likely N-dealkylation sites (tertiary alicyclic amines) is 1. The Morgan fingerprint density at radius 2 is 1.95 bits per heavy atom. The molecule has 0 N–H and O–H groups in total. The maximum absolute atomic E-state index is 12.3. The van der Waals surface area contributed by atoms with Crippen LogP contribution in [0.3, 0.4) is 0 Å². The van der Waals surface area contributed by atoms with Gasteiger partial charge in [0.15, 0.2) is 0 Å². The van der Waals surface area contributed by atoms with Crippen molar-refractivity contribution in [3.8, 4) is 0 Å². The highest BCUT2D eigenvalue weighted by Gasteiger charge is 2.30. The van der Waals surface area contributed by atoms with Gasteiger partial charge in [0.25, 0.3) is 5.91 Å². The molecule has 1 fully saturated rings. The smallest absolute Gasteiger partial charge is 0.255 e. The average Bonchev–Trinajstić information content (AvgIpc) is 2.69. The first-order chi connectivity index (χ1) is 9.15. The fraction of sp³-hybridized carbons (Fsp3) is 0.375. The Kier molecular flexibility index (Phi) is 4.15. The van der Waals surface area contributed by atoms with E-state index < -0.39 is 0 Å². The Bertz CT molecular complexity index is 526. The molecule has 0 aliphatic carbocycles. The lowest BCUT2D eigenvalue weighted by atomic mass is 10.1. The minimum absolute atomic E-state index is 0.0928. The second kappa shape index (κ2) is 5.83. The van der Waals surface area contributed by atoms with Gasteiger partial charge < -0.3 is 0 Å². The predicted octanol–water partition coefficient (Wildman–Crippen LogP) is 3.05. The molecule has 1 heterocycles. The fourth-order valence-corrected chi connectivity index (χ4v) is 2.26. The lowest BCUT2D eigenvalue weighted by Gasteiger charge is -2.12. The van der Waals surface area contributed by atoms with Crippen molar-refractivity contribution in [2.45, 2.75) is 27.2 Å². The number of amides is 1. The molecule has 0 radical (unpaired) electrons. The van der Waals surface area contributed by atoms with E-state index >= 15 is 0 Å². The zero-order valence-corrected chi connectivity index (χ0v) is 11.8. The van der Waals surface area contributed by atoms with Crippen LogP contribution in [0.4, 0.5) is 0 Å². The van der Waals surface area contributed by atoms with Crippen LogP contribution in [-0.4, -0.2) is 29.7 Å². The van der Waals surface area contributed by atoms with E-state index in [9.17, 15) is 4.79 Å². The van der Waals surface area contributed by atoms with E-state index in [0.717, 1.165) is 23.5 Å². The van der Waals surface area contributed by atoms with E-state index in [-0.39, 0.29) is 5.91 Å². The summed E-state index contributed by atoms with van der Waals surface area (Å²) in [4.78, 5) is 18.5. The van der Waals surface area contributed by atoms with Crippen molar-refractivity contribution in [2.24, 2.45) is 4.99 Å². The zero-order chi connectivity index (χ0) is 13.8. The van der Waals surface area contributed by atoms with E-state index in [0.29, 0.717) is 13.0 Å². The van der Waals surface area contributed by atoms with Gasteiger partial charge in [-0.25, -0.2) is 0 Å². The van der Waals surface area contributed by atoms with Crippen molar-refractivity contribution in [1.82, 2.24) is 4.90 Å². The van der Waals surface area contributed by atoms with Crippen molar-refractivity contribution in [3.05, 3.63) is 41.0 Å². The number of hydrogen-bond donors (Lipinski definition) is 0. The van der Waals surface area contributed by atoms with Crippen molar-refractivity contribution in [3.63, 3.8) is 0 Å². The molecule has 0 bridgehead atoms. The summed E-state index contributed by atoms with van der Waals surface area (Å²) in [5.41, 5.74) is 3.13. The number of carbonyl (C=O) groups excluding carboxylic acids is 1. The number of hydrogen-bond acceptors (Lipinski definition) is 2. The highest BCUT2D eigenvalue weighted by atomic mass is 16.2. The Morgan fingerprint density at radius 1 is 1.26 bits per heavy atom. The summed E-state index contributed by atoms with van der Waals surface area (Å²) in [6.07, 6.45) is 2.62. The SMILES string of the molecule is CCN=C1C/C(=C/c2ccc(C)cc2)C(=O)N1CC. The van der Waals surface area contributed by atoms with Gasteiger partial charge in [-0.05, 0) is 32.4 Å². The largest absolute Gasteiger partial charge is 0.297 e. The third kappa shape index (κ3) is 2.92. The number of carbonyl (C=O) groups is 1. The van der Waals surface area contributed by atoms with Crippen molar-refractivity contribution < 1.29 is 4.79 Å². The Balaban J connectivity index is 2.28. The fourth-order valence-electron chi connectivity index (χ4n) is 2.26. The first-order valence-corrected chi connectivity index (χ1v) is 6.78. The van der Waals surface area contributed by atoms with Gasteiger partial charge in [-0.3, -0.25) is 14.7 Å². The molecule has 19 heavy (non-hydrogen) atoms. The number of aliphatic imine (C=N–C) groups is 1. The first kappa shape index (κ1) is 13.5. The van der Waals surface area contributed by atoms with Crippen LogP contribution >= 0.6 is 0 Å². The molecule has 0 atom stereocenters. The van der Waals surface area contributed by atoms with E-state index in [1.807, 2.05) is 32.1 Å². The number of amidine groups is 1. The molecule has 2 rings (SSSR count). The van der Waals surface area contributed by atoms with Crippen LogP contribution in [0.15, 0.2) is 34.8 Å². The first-order valence-electron chi connectivity index (χ1n) is 6.78. The third-order valence-electron chi connectivity index (χ3n) is 3.26. The number of rotatable bonds is 3. The topological polar surface area (TPSA) is 32.7 Å². The standard InChI is InChI=1S/C16H20N2O/c1-4-17-15-11-14(16(19)18(15)5-2)10-13-8-6-12(3)7-9-13/h6-10H,4-5,11H2,1-3H3/b14-10-,17-15?.